The smallest absolute Gasteiger partial charge is 0.255 e. The molecule has 0 aliphatic heterocycles. The number of nitrogens with one attached hydrogen (secondary N) is 1. The van der Waals surface area contributed by atoms with Crippen LogP contribution in [0.15, 0.2) is 48.8 Å². The number of aromatic nitrogens is 1. The first-order valence-corrected chi connectivity index (χ1v) is 8.01. The highest BCUT2D eigenvalue weighted by molar-refractivity contribution is 5.96. The van der Waals surface area contributed by atoms with Crippen molar-refractivity contribution in [3.8, 4) is 5.75 Å². The quantitative estimate of drug-likeness (QED) is 0.819. The first kappa shape index (κ1) is 17.9. The highest BCUT2D eigenvalue weighted by Gasteiger charge is 2.27. The first-order chi connectivity index (χ1) is 11.5. The largest absolute Gasteiger partial charge is 0.489 e. The molecule has 2 N–H and O–H groups in total. The first-order valence-electron chi connectivity index (χ1n) is 8.01. The van der Waals surface area contributed by atoms with E-state index in [2.05, 4.69) is 10.3 Å². The molecule has 0 aliphatic carbocycles. The molecule has 2 aromatic rings. The zero-order valence-electron chi connectivity index (χ0n) is 14.3. The van der Waals surface area contributed by atoms with E-state index in [9.17, 15) is 9.90 Å². The minimum atomic E-state index is -0.553. The van der Waals surface area contributed by atoms with Crippen LogP contribution in [0.5, 0.6) is 5.75 Å². The van der Waals surface area contributed by atoms with Crippen LogP contribution in [0.4, 0.5) is 0 Å². The zero-order chi connectivity index (χ0) is 17.6. The van der Waals surface area contributed by atoms with Gasteiger partial charge in [-0.25, -0.2) is 0 Å². The van der Waals surface area contributed by atoms with E-state index in [4.69, 9.17) is 4.74 Å². The second-order valence-electron chi connectivity index (χ2n) is 6.31. The number of rotatable bonds is 7. The number of amides is 1. The summed E-state index contributed by atoms with van der Waals surface area (Å²) in [7, 11) is 0. The zero-order valence-corrected chi connectivity index (χ0v) is 14.3. The third-order valence-electron chi connectivity index (χ3n) is 3.85. The molecule has 5 nitrogen and oxygen atoms in total. The Kier molecular flexibility index (Phi) is 5.93. The maximum atomic E-state index is 12.5. The van der Waals surface area contributed by atoms with Crippen molar-refractivity contribution in [3.63, 3.8) is 0 Å². The van der Waals surface area contributed by atoms with E-state index >= 15 is 0 Å². The van der Waals surface area contributed by atoms with Crippen LogP contribution in [0.2, 0.25) is 0 Å². The topological polar surface area (TPSA) is 71.5 Å². The van der Waals surface area contributed by atoms with Crippen molar-refractivity contribution in [2.75, 3.05) is 13.2 Å². The van der Waals surface area contributed by atoms with E-state index in [1.54, 1.807) is 12.3 Å². The molecule has 0 fully saturated rings. The maximum Gasteiger partial charge on any atom is 0.255 e. The molecule has 1 aromatic carbocycles. The lowest BCUT2D eigenvalue weighted by atomic mass is 9.83. The molecule has 1 heterocycles. The molecule has 1 unspecified atom stereocenters. The summed E-state index contributed by atoms with van der Waals surface area (Å²) < 4.78 is 5.64. The van der Waals surface area contributed by atoms with Crippen molar-refractivity contribution < 1.29 is 14.6 Å². The summed E-state index contributed by atoms with van der Waals surface area (Å²) in [5, 5.41) is 12.7. The van der Waals surface area contributed by atoms with Crippen LogP contribution in [0.25, 0.3) is 0 Å². The summed E-state index contributed by atoms with van der Waals surface area (Å²) in [4.78, 5) is 16.5. The number of aliphatic hydroxyl groups excluding tert-OH is 1. The van der Waals surface area contributed by atoms with Gasteiger partial charge in [0.15, 0.2) is 5.75 Å². The van der Waals surface area contributed by atoms with Gasteiger partial charge in [-0.15, -0.1) is 0 Å². The summed E-state index contributed by atoms with van der Waals surface area (Å²) in [5.74, 6) is 0.207. The molecule has 0 radical (unpaired) electrons. The van der Waals surface area contributed by atoms with Crippen molar-refractivity contribution >= 4 is 5.91 Å². The van der Waals surface area contributed by atoms with Gasteiger partial charge in [0.25, 0.3) is 5.91 Å². The lowest BCUT2D eigenvalue weighted by Gasteiger charge is -2.28. The van der Waals surface area contributed by atoms with Gasteiger partial charge in [-0.2, -0.15) is 0 Å². The van der Waals surface area contributed by atoms with Crippen molar-refractivity contribution in [3.05, 3.63) is 59.9 Å². The Labute approximate surface area is 142 Å². The molecule has 1 amide bonds. The average Bonchev–Trinajstić information content (AvgIpc) is 2.60. The van der Waals surface area contributed by atoms with Crippen molar-refractivity contribution in [1.29, 1.82) is 0 Å². The van der Waals surface area contributed by atoms with Crippen LogP contribution in [-0.4, -0.2) is 35.3 Å². The minimum Gasteiger partial charge on any atom is -0.489 e. The Bertz CT molecular complexity index is 673. The van der Waals surface area contributed by atoms with Crippen molar-refractivity contribution in [1.82, 2.24) is 10.3 Å². The molecular formula is C19H24N2O3. The number of hydrogen-bond acceptors (Lipinski definition) is 4. The Balaban J connectivity index is 2.13. The Morgan fingerprint density at radius 1 is 1.29 bits per heavy atom. The Morgan fingerprint density at radius 2 is 2.00 bits per heavy atom. The monoisotopic (exact) mass is 328 g/mol. The minimum absolute atomic E-state index is 0.0484. The summed E-state index contributed by atoms with van der Waals surface area (Å²) in [5.41, 5.74) is 0.858. The van der Waals surface area contributed by atoms with Crippen LogP contribution < -0.4 is 10.1 Å². The predicted octanol–water partition coefficient (Wildman–Crippen LogP) is 2.55. The number of nitrogens with zero attached hydrogens (tertiary/aromatic N) is 1. The lowest BCUT2D eigenvalue weighted by molar-refractivity contribution is 0.0928. The van der Waals surface area contributed by atoms with E-state index in [1.165, 1.54) is 6.20 Å². The van der Waals surface area contributed by atoms with Gasteiger partial charge in [-0.05, 0) is 25.5 Å². The number of pyridine rings is 1. The molecular weight excluding hydrogens is 304 g/mol. The van der Waals surface area contributed by atoms with Crippen LogP contribution in [-0.2, 0) is 5.41 Å². The SMILES string of the molecule is CC(C)Oc1cnccc1C(=O)NCC(C)(CO)c1ccccc1. The second kappa shape index (κ2) is 7.93. The van der Waals surface area contributed by atoms with Crippen molar-refractivity contribution in [2.45, 2.75) is 32.3 Å². The van der Waals surface area contributed by atoms with E-state index in [0.29, 0.717) is 17.9 Å². The molecule has 0 bridgehead atoms. The highest BCUT2D eigenvalue weighted by Crippen LogP contribution is 2.23. The maximum absolute atomic E-state index is 12.5. The van der Waals surface area contributed by atoms with Crippen LogP contribution in [0.1, 0.15) is 36.7 Å². The number of hydrogen-bond donors (Lipinski definition) is 2. The molecule has 1 atom stereocenters. The molecule has 0 aliphatic rings. The molecule has 0 saturated carbocycles. The fourth-order valence-electron chi connectivity index (χ4n) is 2.38. The predicted molar refractivity (Wildman–Crippen MR) is 93.2 cm³/mol. The van der Waals surface area contributed by atoms with Gasteiger partial charge in [0.05, 0.1) is 24.5 Å². The molecule has 1 aromatic heterocycles. The molecule has 128 valence electrons. The second-order valence-corrected chi connectivity index (χ2v) is 6.31. The Morgan fingerprint density at radius 3 is 2.62 bits per heavy atom. The fraction of sp³-hybridized carbons (Fsp3) is 0.368. The van der Waals surface area contributed by atoms with Gasteiger partial charge in [0, 0.05) is 18.2 Å². The number of aliphatic hydroxyl groups is 1. The van der Waals surface area contributed by atoms with E-state index in [-0.39, 0.29) is 18.6 Å². The van der Waals surface area contributed by atoms with Crippen molar-refractivity contribution in [2.24, 2.45) is 0 Å². The van der Waals surface area contributed by atoms with Gasteiger partial charge in [0.2, 0.25) is 0 Å². The third-order valence-corrected chi connectivity index (χ3v) is 3.85. The van der Waals surface area contributed by atoms with Crippen LogP contribution in [0, 0.1) is 0 Å². The van der Waals surface area contributed by atoms with E-state index < -0.39 is 5.41 Å². The van der Waals surface area contributed by atoms with Gasteiger partial charge < -0.3 is 15.2 Å². The summed E-state index contributed by atoms with van der Waals surface area (Å²) in [6.45, 7) is 5.96. The number of carbonyl (C=O) groups is 1. The van der Waals surface area contributed by atoms with Gasteiger partial charge in [0.1, 0.15) is 0 Å². The number of ether oxygens (including phenoxy) is 1. The summed E-state index contributed by atoms with van der Waals surface area (Å²) in [6.07, 6.45) is 3.05. The van der Waals surface area contributed by atoms with E-state index in [1.807, 2.05) is 51.1 Å². The molecule has 5 heteroatoms. The number of benzene rings is 1. The van der Waals surface area contributed by atoms with Crippen LogP contribution >= 0.6 is 0 Å². The standard InChI is InChI=1S/C19H24N2O3/c1-14(2)24-17-11-20-10-9-16(17)18(23)21-12-19(3,13-22)15-7-5-4-6-8-15/h4-11,14,22H,12-13H2,1-3H3,(H,21,23). The molecule has 0 saturated heterocycles. The molecule has 24 heavy (non-hydrogen) atoms. The summed E-state index contributed by atoms with van der Waals surface area (Å²) >= 11 is 0. The van der Waals surface area contributed by atoms with Crippen LogP contribution in [0.3, 0.4) is 0 Å². The molecule has 0 spiro atoms. The highest BCUT2D eigenvalue weighted by atomic mass is 16.5. The number of carbonyl (C=O) groups excluding carboxylic acids is 1. The third kappa shape index (κ3) is 4.32. The average molecular weight is 328 g/mol. The summed E-state index contributed by atoms with van der Waals surface area (Å²) in [6, 6.07) is 11.3. The normalized spacial score (nSPS) is 13.4. The van der Waals surface area contributed by atoms with Gasteiger partial charge >= 0.3 is 0 Å². The lowest BCUT2D eigenvalue weighted by Crippen LogP contribution is -2.41. The fourth-order valence-corrected chi connectivity index (χ4v) is 2.38. The van der Waals surface area contributed by atoms with Gasteiger partial charge in [-0.3, -0.25) is 9.78 Å². The van der Waals surface area contributed by atoms with E-state index in [0.717, 1.165) is 5.56 Å². The Hall–Kier alpha value is -2.40. The van der Waals surface area contributed by atoms with Gasteiger partial charge in [-0.1, -0.05) is 37.3 Å². The molecule has 2 rings (SSSR count).